The Morgan fingerprint density at radius 3 is 2.79 bits per heavy atom. The molecule has 0 fully saturated rings. The van der Waals surface area contributed by atoms with Crippen LogP contribution in [0, 0.1) is 11.3 Å². The molecule has 0 atom stereocenters. The van der Waals surface area contributed by atoms with E-state index < -0.39 is 11.9 Å². The second kappa shape index (κ2) is 7.03. The number of carboxylic acids is 1. The van der Waals surface area contributed by atoms with Gasteiger partial charge < -0.3 is 15.7 Å². The summed E-state index contributed by atoms with van der Waals surface area (Å²) in [4.78, 5) is 22.0. The lowest BCUT2D eigenvalue weighted by molar-refractivity contribution is -0.135. The number of amides is 1. The Hall–Kier alpha value is -2.52. The van der Waals surface area contributed by atoms with Crippen molar-refractivity contribution in [2.75, 3.05) is 11.9 Å². The minimum atomic E-state index is -1.09. The van der Waals surface area contributed by atoms with E-state index >= 15 is 0 Å². The van der Waals surface area contributed by atoms with Crippen LogP contribution in [0.25, 0.3) is 0 Å². The maximum atomic E-state index is 11.7. The van der Waals surface area contributed by atoms with Gasteiger partial charge in [0, 0.05) is 16.9 Å². The number of halogens is 1. The Labute approximate surface area is 114 Å². The molecule has 0 spiro atoms. The summed E-state index contributed by atoms with van der Waals surface area (Å²) in [5.41, 5.74) is 0.207. The van der Waals surface area contributed by atoms with Crippen molar-refractivity contribution in [1.82, 2.24) is 5.32 Å². The first-order valence-electron chi connectivity index (χ1n) is 5.15. The van der Waals surface area contributed by atoms with Crippen molar-refractivity contribution >= 4 is 29.2 Å². The third kappa shape index (κ3) is 5.10. The molecule has 6 nitrogen and oxygen atoms in total. The number of nitriles is 1. The standard InChI is InChI=1S/C12H10ClN3O3/c13-9-2-1-3-10(4-9)16-12(19)8(5-14)6-15-7-11(17)18/h1-4,6,15H,7H2,(H,16,19)(H,17,18)/b8-6-. The summed E-state index contributed by atoms with van der Waals surface area (Å²) in [7, 11) is 0. The van der Waals surface area contributed by atoms with E-state index in [2.05, 4.69) is 10.6 Å². The van der Waals surface area contributed by atoms with Gasteiger partial charge >= 0.3 is 5.97 Å². The van der Waals surface area contributed by atoms with Gasteiger partial charge in [-0.1, -0.05) is 17.7 Å². The zero-order valence-electron chi connectivity index (χ0n) is 9.68. The van der Waals surface area contributed by atoms with Crippen LogP contribution in [-0.4, -0.2) is 23.5 Å². The third-order valence-corrected chi connectivity index (χ3v) is 2.18. The van der Waals surface area contributed by atoms with Gasteiger partial charge in [-0.2, -0.15) is 5.26 Å². The highest BCUT2D eigenvalue weighted by Gasteiger charge is 2.09. The van der Waals surface area contributed by atoms with Crippen molar-refractivity contribution in [3.8, 4) is 6.07 Å². The van der Waals surface area contributed by atoms with Gasteiger partial charge in [-0.15, -0.1) is 0 Å². The molecule has 0 saturated heterocycles. The van der Waals surface area contributed by atoms with Gasteiger partial charge in [0.25, 0.3) is 5.91 Å². The molecule has 98 valence electrons. The molecule has 1 aromatic carbocycles. The van der Waals surface area contributed by atoms with Crippen LogP contribution < -0.4 is 10.6 Å². The maximum absolute atomic E-state index is 11.7. The number of aliphatic carboxylic acids is 1. The Morgan fingerprint density at radius 1 is 1.47 bits per heavy atom. The number of nitrogens with zero attached hydrogens (tertiary/aromatic N) is 1. The van der Waals surface area contributed by atoms with Gasteiger partial charge in [-0.3, -0.25) is 9.59 Å². The molecule has 0 aliphatic heterocycles. The fourth-order valence-electron chi connectivity index (χ4n) is 1.15. The highest BCUT2D eigenvalue weighted by atomic mass is 35.5. The monoisotopic (exact) mass is 279 g/mol. The summed E-state index contributed by atoms with van der Waals surface area (Å²) in [6.45, 7) is -0.379. The van der Waals surface area contributed by atoms with E-state index in [0.717, 1.165) is 6.20 Å². The summed E-state index contributed by atoms with van der Waals surface area (Å²) in [6.07, 6.45) is 1.05. The molecular weight excluding hydrogens is 270 g/mol. The Kier molecular flexibility index (Phi) is 5.38. The van der Waals surface area contributed by atoms with Crippen molar-refractivity contribution in [3.05, 3.63) is 41.1 Å². The molecule has 7 heteroatoms. The summed E-state index contributed by atoms with van der Waals surface area (Å²) >= 11 is 5.75. The molecule has 0 unspecified atom stereocenters. The lowest BCUT2D eigenvalue weighted by atomic mass is 10.2. The number of benzene rings is 1. The molecule has 0 aliphatic rings. The number of carbonyl (C=O) groups is 2. The van der Waals surface area contributed by atoms with Crippen molar-refractivity contribution in [1.29, 1.82) is 5.26 Å². The summed E-state index contributed by atoms with van der Waals surface area (Å²) < 4.78 is 0. The normalized spacial score (nSPS) is 10.4. The average Bonchev–Trinajstić information content (AvgIpc) is 2.34. The van der Waals surface area contributed by atoms with E-state index in [9.17, 15) is 9.59 Å². The highest BCUT2D eigenvalue weighted by Crippen LogP contribution is 2.15. The van der Waals surface area contributed by atoms with E-state index in [-0.39, 0.29) is 12.1 Å². The highest BCUT2D eigenvalue weighted by molar-refractivity contribution is 6.31. The molecule has 0 radical (unpaired) electrons. The SMILES string of the molecule is N#C/C(=C/NCC(=O)O)C(=O)Nc1cccc(Cl)c1. The predicted octanol–water partition coefficient (Wildman–Crippen LogP) is 1.36. The number of anilines is 1. The molecule has 0 aromatic heterocycles. The number of carbonyl (C=O) groups excluding carboxylic acids is 1. The minimum absolute atomic E-state index is 0.235. The Balaban J connectivity index is 2.69. The molecule has 0 heterocycles. The van der Waals surface area contributed by atoms with Crippen LogP contribution >= 0.6 is 11.6 Å². The Bertz CT molecular complexity index is 564. The summed E-state index contributed by atoms with van der Waals surface area (Å²) in [5, 5.41) is 22.5. The van der Waals surface area contributed by atoms with Gasteiger partial charge in [-0.05, 0) is 18.2 Å². The lowest BCUT2D eigenvalue weighted by Crippen LogP contribution is -2.20. The molecule has 1 amide bonds. The fraction of sp³-hybridized carbons (Fsp3) is 0.0833. The van der Waals surface area contributed by atoms with E-state index in [1.165, 1.54) is 6.07 Å². The molecule has 0 bridgehead atoms. The predicted molar refractivity (Wildman–Crippen MR) is 69.4 cm³/mol. The zero-order chi connectivity index (χ0) is 14.3. The first-order valence-corrected chi connectivity index (χ1v) is 5.53. The van der Waals surface area contributed by atoms with E-state index in [0.29, 0.717) is 10.7 Å². The maximum Gasteiger partial charge on any atom is 0.322 e. The van der Waals surface area contributed by atoms with Gasteiger partial charge in [0.05, 0.1) is 0 Å². The number of nitrogens with one attached hydrogen (secondary N) is 2. The van der Waals surface area contributed by atoms with E-state index in [1.807, 2.05) is 0 Å². The van der Waals surface area contributed by atoms with Crippen molar-refractivity contribution < 1.29 is 14.7 Å². The van der Waals surface area contributed by atoms with Gasteiger partial charge in [0.1, 0.15) is 18.2 Å². The minimum Gasteiger partial charge on any atom is -0.480 e. The largest absolute Gasteiger partial charge is 0.480 e. The van der Waals surface area contributed by atoms with Crippen LogP contribution in [0.5, 0.6) is 0 Å². The summed E-state index contributed by atoms with van der Waals surface area (Å²) in [6, 6.07) is 8.11. The molecule has 0 aliphatic carbocycles. The van der Waals surface area contributed by atoms with Crippen LogP contribution in [0.3, 0.4) is 0 Å². The quantitative estimate of drug-likeness (QED) is 0.558. The number of hydrogen-bond acceptors (Lipinski definition) is 4. The van der Waals surface area contributed by atoms with Crippen LogP contribution in [0.2, 0.25) is 5.02 Å². The topological polar surface area (TPSA) is 102 Å². The second-order valence-corrected chi connectivity index (χ2v) is 3.85. The molecule has 1 rings (SSSR count). The smallest absolute Gasteiger partial charge is 0.322 e. The first-order chi connectivity index (χ1) is 9.02. The Morgan fingerprint density at radius 2 is 2.21 bits per heavy atom. The van der Waals surface area contributed by atoms with Crippen molar-refractivity contribution in [3.63, 3.8) is 0 Å². The van der Waals surface area contributed by atoms with Gasteiger partial charge in [0.15, 0.2) is 0 Å². The van der Waals surface area contributed by atoms with Gasteiger partial charge in [-0.25, -0.2) is 0 Å². The average molecular weight is 280 g/mol. The second-order valence-electron chi connectivity index (χ2n) is 3.41. The molecule has 0 saturated carbocycles. The van der Waals surface area contributed by atoms with Crippen LogP contribution in [0.1, 0.15) is 0 Å². The molecular formula is C12H10ClN3O3. The molecule has 19 heavy (non-hydrogen) atoms. The van der Waals surface area contributed by atoms with E-state index in [1.54, 1.807) is 24.3 Å². The number of rotatable bonds is 5. The van der Waals surface area contributed by atoms with E-state index in [4.69, 9.17) is 22.0 Å². The fourth-order valence-corrected chi connectivity index (χ4v) is 1.34. The first kappa shape index (κ1) is 14.5. The zero-order valence-corrected chi connectivity index (χ0v) is 10.4. The number of hydrogen-bond donors (Lipinski definition) is 3. The lowest BCUT2D eigenvalue weighted by Gasteiger charge is -2.04. The van der Waals surface area contributed by atoms with Crippen molar-refractivity contribution in [2.45, 2.75) is 0 Å². The van der Waals surface area contributed by atoms with Gasteiger partial charge in [0.2, 0.25) is 0 Å². The van der Waals surface area contributed by atoms with Crippen LogP contribution in [0.4, 0.5) is 5.69 Å². The van der Waals surface area contributed by atoms with Crippen molar-refractivity contribution in [2.24, 2.45) is 0 Å². The molecule has 3 N–H and O–H groups in total. The molecule has 1 aromatic rings. The summed E-state index contributed by atoms with van der Waals surface area (Å²) in [5.74, 6) is -1.74. The van der Waals surface area contributed by atoms with Crippen LogP contribution in [-0.2, 0) is 9.59 Å². The number of carboxylic acid groups (broad SMARTS) is 1. The van der Waals surface area contributed by atoms with Crippen LogP contribution in [0.15, 0.2) is 36.0 Å². The third-order valence-electron chi connectivity index (χ3n) is 1.95.